The molecule has 0 saturated heterocycles. The summed E-state index contributed by atoms with van der Waals surface area (Å²) < 4.78 is 14.3. The molecule has 1 fully saturated rings. The molecule has 1 atom stereocenters. The number of nitrogens with two attached hydrogens (primary N) is 1. The number of rotatable bonds is 3. The third-order valence-corrected chi connectivity index (χ3v) is 5.02. The fraction of sp³-hybridized carbons (Fsp3) is 0.263. The lowest BCUT2D eigenvalue weighted by molar-refractivity contribution is 0.415. The molecule has 6 heteroatoms. The molecule has 0 bridgehead atoms. The highest BCUT2D eigenvalue weighted by Crippen LogP contribution is 2.52. The summed E-state index contributed by atoms with van der Waals surface area (Å²) in [4.78, 5) is 9.35. The smallest absolute Gasteiger partial charge is 0.181 e. The molecule has 0 radical (unpaired) electrons. The first-order chi connectivity index (χ1) is 11.9. The first kappa shape index (κ1) is 16.1. The van der Waals surface area contributed by atoms with Crippen molar-refractivity contribution < 1.29 is 9.50 Å². The number of halogens is 2. The number of amidine groups is 1. The minimum Gasteiger partial charge on any atom is -0.507 e. The minimum atomic E-state index is -0.772. The summed E-state index contributed by atoms with van der Waals surface area (Å²) in [6.45, 7) is 1.83. The zero-order chi connectivity index (χ0) is 17.8. The van der Waals surface area contributed by atoms with E-state index in [1.54, 1.807) is 18.2 Å². The predicted octanol–water partition coefficient (Wildman–Crippen LogP) is 4.25. The van der Waals surface area contributed by atoms with Crippen LogP contribution in [0.5, 0.6) is 5.75 Å². The summed E-state index contributed by atoms with van der Waals surface area (Å²) in [7, 11) is 0. The molecule has 0 amide bonds. The third-order valence-electron chi connectivity index (χ3n) is 4.79. The van der Waals surface area contributed by atoms with Gasteiger partial charge in [0.05, 0.1) is 5.71 Å². The molecular weight excluding hydrogens is 341 g/mol. The van der Waals surface area contributed by atoms with Gasteiger partial charge in [0.25, 0.3) is 0 Å². The predicted molar refractivity (Wildman–Crippen MR) is 97.6 cm³/mol. The van der Waals surface area contributed by atoms with Crippen LogP contribution in [0.3, 0.4) is 0 Å². The van der Waals surface area contributed by atoms with Crippen molar-refractivity contribution in [2.45, 2.75) is 25.4 Å². The number of benzene rings is 2. The van der Waals surface area contributed by atoms with Crippen molar-refractivity contribution >= 4 is 23.1 Å². The molecule has 1 saturated carbocycles. The Balaban J connectivity index is 1.90. The number of phenolic OH excluding ortho intramolecular Hbond substituents is 1. The van der Waals surface area contributed by atoms with Gasteiger partial charge in [0, 0.05) is 27.6 Å². The van der Waals surface area contributed by atoms with E-state index in [0.717, 1.165) is 18.4 Å². The maximum atomic E-state index is 14.3. The number of aliphatic imine (C=N–C) groups is 2. The zero-order valence-electron chi connectivity index (χ0n) is 13.6. The van der Waals surface area contributed by atoms with Crippen LogP contribution in [0.1, 0.15) is 25.3 Å². The molecule has 2 aliphatic rings. The molecule has 2 aromatic carbocycles. The second kappa shape index (κ2) is 5.56. The van der Waals surface area contributed by atoms with E-state index in [1.807, 2.05) is 6.92 Å². The van der Waals surface area contributed by atoms with Gasteiger partial charge in [-0.2, -0.15) is 0 Å². The van der Waals surface area contributed by atoms with Crippen molar-refractivity contribution in [1.29, 1.82) is 0 Å². The van der Waals surface area contributed by atoms with Crippen molar-refractivity contribution in [2.75, 3.05) is 0 Å². The summed E-state index contributed by atoms with van der Waals surface area (Å²) in [6, 6.07) is 9.32. The number of hydrogen-bond acceptors (Lipinski definition) is 4. The number of aromatic hydroxyl groups is 1. The van der Waals surface area contributed by atoms with Crippen LogP contribution in [0.2, 0.25) is 5.02 Å². The van der Waals surface area contributed by atoms with E-state index in [1.165, 1.54) is 18.2 Å². The third kappa shape index (κ3) is 2.59. The Labute approximate surface area is 149 Å². The standard InChI is InChI=1S/C19H17ClFN3O/c1-10-18(22)24-19(23-10,11-2-3-11)12-4-7-17(25)15(8-12)14-9-13(20)5-6-16(14)21/h4-9,11,25H,2-3H2,1H3,(H2,22,24). The fourth-order valence-corrected chi connectivity index (χ4v) is 3.49. The average Bonchev–Trinajstić information content (AvgIpc) is 3.38. The van der Waals surface area contributed by atoms with Crippen LogP contribution in [0.4, 0.5) is 4.39 Å². The first-order valence-corrected chi connectivity index (χ1v) is 8.49. The lowest BCUT2D eigenvalue weighted by atomic mass is 9.91. The van der Waals surface area contributed by atoms with Crippen LogP contribution in [0.15, 0.2) is 46.4 Å². The molecule has 4 rings (SSSR count). The Bertz CT molecular complexity index is 916. The van der Waals surface area contributed by atoms with Gasteiger partial charge in [0.1, 0.15) is 17.4 Å². The van der Waals surface area contributed by atoms with E-state index in [4.69, 9.17) is 22.3 Å². The number of hydrogen-bond donors (Lipinski definition) is 2. The molecule has 2 aromatic rings. The average molecular weight is 358 g/mol. The van der Waals surface area contributed by atoms with Crippen LogP contribution in [-0.2, 0) is 5.66 Å². The summed E-state index contributed by atoms with van der Waals surface area (Å²) >= 11 is 6.00. The highest BCUT2D eigenvalue weighted by Gasteiger charge is 2.49. The van der Waals surface area contributed by atoms with Crippen LogP contribution in [0, 0.1) is 11.7 Å². The highest BCUT2D eigenvalue weighted by atomic mass is 35.5. The van der Waals surface area contributed by atoms with E-state index in [9.17, 15) is 9.50 Å². The molecule has 1 heterocycles. The van der Waals surface area contributed by atoms with Crippen molar-refractivity contribution in [3.63, 3.8) is 0 Å². The Morgan fingerprint density at radius 3 is 2.56 bits per heavy atom. The molecule has 0 spiro atoms. The number of phenols is 1. The summed E-state index contributed by atoms with van der Waals surface area (Å²) in [6.07, 6.45) is 2.02. The van der Waals surface area contributed by atoms with Gasteiger partial charge in [-0.1, -0.05) is 17.7 Å². The molecule has 1 aliphatic carbocycles. The SMILES string of the molecule is CC1=NC(c2ccc(O)c(-c3cc(Cl)ccc3F)c2)(C2CC2)N=C1N. The van der Waals surface area contributed by atoms with Gasteiger partial charge in [-0.25, -0.2) is 9.38 Å². The number of nitrogens with zero attached hydrogens (tertiary/aromatic N) is 2. The van der Waals surface area contributed by atoms with E-state index >= 15 is 0 Å². The summed E-state index contributed by atoms with van der Waals surface area (Å²) in [5.74, 6) is 0.221. The lowest BCUT2D eigenvalue weighted by Crippen LogP contribution is -2.23. The van der Waals surface area contributed by atoms with Crippen molar-refractivity contribution in [3.05, 3.63) is 52.8 Å². The van der Waals surface area contributed by atoms with E-state index < -0.39 is 11.5 Å². The molecule has 128 valence electrons. The maximum Gasteiger partial charge on any atom is 0.181 e. The van der Waals surface area contributed by atoms with E-state index in [2.05, 4.69) is 4.99 Å². The van der Waals surface area contributed by atoms with Gasteiger partial charge >= 0.3 is 0 Å². The Hall–Kier alpha value is -2.40. The molecule has 1 aliphatic heterocycles. The Morgan fingerprint density at radius 2 is 1.92 bits per heavy atom. The van der Waals surface area contributed by atoms with Gasteiger partial charge in [0.15, 0.2) is 5.66 Å². The molecular formula is C19H17ClFN3O. The first-order valence-electron chi connectivity index (χ1n) is 8.12. The topological polar surface area (TPSA) is 71.0 Å². The molecule has 0 aromatic heterocycles. The normalized spacial score (nSPS) is 22.7. The second-order valence-electron chi connectivity index (χ2n) is 6.55. The van der Waals surface area contributed by atoms with Crippen LogP contribution in [-0.4, -0.2) is 16.7 Å². The highest BCUT2D eigenvalue weighted by molar-refractivity contribution is 6.41. The van der Waals surface area contributed by atoms with Crippen LogP contribution >= 0.6 is 11.6 Å². The largest absolute Gasteiger partial charge is 0.507 e. The van der Waals surface area contributed by atoms with Crippen molar-refractivity contribution in [2.24, 2.45) is 21.6 Å². The zero-order valence-corrected chi connectivity index (χ0v) is 14.4. The van der Waals surface area contributed by atoms with Gasteiger partial charge < -0.3 is 10.8 Å². The van der Waals surface area contributed by atoms with Gasteiger partial charge in [0.2, 0.25) is 0 Å². The molecule has 3 N–H and O–H groups in total. The van der Waals surface area contributed by atoms with Gasteiger partial charge in [-0.15, -0.1) is 0 Å². The lowest BCUT2D eigenvalue weighted by Gasteiger charge is -2.24. The Kier molecular flexibility index (Phi) is 3.58. The van der Waals surface area contributed by atoms with E-state index in [0.29, 0.717) is 22.1 Å². The Morgan fingerprint density at radius 1 is 1.16 bits per heavy atom. The van der Waals surface area contributed by atoms with Gasteiger partial charge in [-0.05, 0) is 50.1 Å². The van der Waals surface area contributed by atoms with Crippen LogP contribution in [0.25, 0.3) is 11.1 Å². The second-order valence-corrected chi connectivity index (χ2v) is 6.99. The molecule has 4 nitrogen and oxygen atoms in total. The summed E-state index contributed by atoms with van der Waals surface area (Å²) in [5.41, 5.74) is 7.31. The molecule has 1 unspecified atom stereocenters. The quantitative estimate of drug-likeness (QED) is 0.862. The van der Waals surface area contributed by atoms with Crippen molar-refractivity contribution in [3.8, 4) is 16.9 Å². The molecule has 25 heavy (non-hydrogen) atoms. The minimum absolute atomic E-state index is 0.0217. The van der Waals surface area contributed by atoms with Gasteiger partial charge in [-0.3, -0.25) is 4.99 Å². The van der Waals surface area contributed by atoms with E-state index in [-0.39, 0.29) is 17.2 Å². The maximum absolute atomic E-state index is 14.3. The monoisotopic (exact) mass is 357 g/mol. The fourth-order valence-electron chi connectivity index (χ4n) is 3.32. The van der Waals surface area contributed by atoms with Crippen molar-refractivity contribution in [1.82, 2.24) is 0 Å². The van der Waals surface area contributed by atoms with Crippen LogP contribution < -0.4 is 5.73 Å². The summed E-state index contributed by atoms with van der Waals surface area (Å²) in [5, 5.41) is 10.7.